The number of rotatable bonds is 5. The van der Waals surface area contributed by atoms with Crippen molar-refractivity contribution in [3.8, 4) is 0 Å². The average Bonchev–Trinajstić information content (AvgIpc) is 3.07. The maximum absolute atomic E-state index is 13.4. The van der Waals surface area contributed by atoms with Gasteiger partial charge in [-0.05, 0) is 25.0 Å². The van der Waals surface area contributed by atoms with Crippen LogP contribution >= 0.6 is 11.6 Å². The molecule has 11 heteroatoms. The molecule has 0 aromatic heterocycles. The molecular weight excluding hydrogens is 532 g/mol. The lowest BCUT2D eigenvalue weighted by atomic mass is 9.53. The molecule has 1 saturated heterocycles. The summed E-state index contributed by atoms with van der Waals surface area (Å²) in [6.45, 7) is 12.8. The monoisotopic (exact) mass is 568 g/mol. The van der Waals surface area contributed by atoms with Crippen LogP contribution in [0.3, 0.4) is 0 Å². The number of carbonyl (C=O) groups excluding carboxylic acids is 5. The van der Waals surface area contributed by atoms with Crippen LogP contribution in [0.4, 0.5) is 0 Å². The van der Waals surface area contributed by atoms with Crippen LogP contribution in [-0.2, 0) is 42.9 Å². The molecular formula is C28H37ClO10. The summed E-state index contributed by atoms with van der Waals surface area (Å²) >= 11 is 6.68. The minimum atomic E-state index is -2.22. The van der Waals surface area contributed by atoms with Gasteiger partial charge in [0.1, 0.15) is 24.1 Å². The smallest absolute Gasteiger partial charge is 0.312 e. The van der Waals surface area contributed by atoms with E-state index in [1.165, 1.54) is 26.0 Å². The molecule has 10 unspecified atom stereocenters. The molecule has 216 valence electrons. The van der Waals surface area contributed by atoms with Crippen molar-refractivity contribution in [2.45, 2.75) is 96.2 Å². The van der Waals surface area contributed by atoms with Gasteiger partial charge in [-0.25, -0.2) is 0 Å². The summed E-state index contributed by atoms with van der Waals surface area (Å²) in [7, 11) is 0. The molecule has 1 N–H and O–H groups in total. The van der Waals surface area contributed by atoms with Crippen LogP contribution in [0.5, 0.6) is 0 Å². The van der Waals surface area contributed by atoms with Crippen molar-refractivity contribution in [1.29, 1.82) is 0 Å². The Balaban J connectivity index is 2.39. The quantitative estimate of drug-likeness (QED) is 0.299. The van der Waals surface area contributed by atoms with Crippen LogP contribution in [0.1, 0.15) is 60.8 Å². The number of hydrogen-bond donors (Lipinski definition) is 1. The number of alkyl halides is 1. The van der Waals surface area contributed by atoms with Gasteiger partial charge in [-0.3, -0.25) is 24.0 Å². The fourth-order valence-electron chi connectivity index (χ4n) is 6.24. The number of aliphatic hydroxyl groups is 1. The van der Waals surface area contributed by atoms with Gasteiger partial charge in [-0.1, -0.05) is 33.4 Å². The number of allylic oxidation sites excluding steroid dienone is 1. The molecule has 0 aromatic rings. The Morgan fingerprint density at radius 1 is 1.15 bits per heavy atom. The van der Waals surface area contributed by atoms with Crippen molar-refractivity contribution in [1.82, 2.24) is 0 Å². The molecule has 1 saturated carbocycles. The van der Waals surface area contributed by atoms with E-state index in [9.17, 15) is 29.1 Å². The first kappa shape index (κ1) is 30.8. The largest absolute Gasteiger partial charge is 0.461 e. The molecule has 3 aliphatic rings. The molecule has 2 aliphatic carbocycles. The SMILES string of the molecule is C=C1/C=C\C(OC(C)=O)C2(C)C(OC(=O)CCC)CC(=O)C(C)C2C(OC(C)=O)C2(O)C(C)C(=O)OC2C1Cl. The number of hydrogen-bond acceptors (Lipinski definition) is 10. The first-order valence-corrected chi connectivity index (χ1v) is 13.5. The first-order valence-electron chi connectivity index (χ1n) is 13.1. The molecule has 2 fully saturated rings. The van der Waals surface area contributed by atoms with Gasteiger partial charge in [0.2, 0.25) is 0 Å². The van der Waals surface area contributed by atoms with Gasteiger partial charge in [-0.2, -0.15) is 0 Å². The Morgan fingerprint density at radius 3 is 2.33 bits per heavy atom. The summed E-state index contributed by atoms with van der Waals surface area (Å²) in [6, 6.07) is 0. The third kappa shape index (κ3) is 5.37. The Labute approximate surface area is 233 Å². The zero-order valence-electron chi connectivity index (χ0n) is 23.1. The van der Waals surface area contributed by atoms with E-state index >= 15 is 0 Å². The number of esters is 4. The zero-order chi connectivity index (χ0) is 29.4. The molecule has 0 bridgehead atoms. The minimum Gasteiger partial charge on any atom is -0.461 e. The van der Waals surface area contributed by atoms with E-state index in [0.29, 0.717) is 6.42 Å². The summed E-state index contributed by atoms with van der Waals surface area (Å²) < 4.78 is 22.9. The highest BCUT2D eigenvalue weighted by atomic mass is 35.5. The summed E-state index contributed by atoms with van der Waals surface area (Å²) in [5.41, 5.74) is -3.42. The zero-order valence-corrected chi connectivity index (χ0v) is 23.9. The highest BCUT2D eigenvalue weighted by molar-refractivity contribution is 6.23. The Kier molecular flexibility index (Phi) is 9.02. The van der Waals surface area contributed by atoms with Crippen molar-refractivity contribution < 1.29 is 48.0 Å². The lowest BCUT2D eigenvalue weighted by Crippen LogP contribution is -2.69. The lowest BCUT2D eigenvalue weighted by Gasteiger charge is -2.56. The second kappa shape index (κ2) is 11.4. The number of halogens is 1. The number of ether oxygens (including phenoxy) is 4. The third-order valence-electron chi connectivity index (χ3n) is 8.41. The standard InChI is InChI=1S/C28H37ClO10/c1-8-9-21(33)38-20-12-18(32)14(3)22-24(37-17(6)31)28(35)15(4)26(34)39-25(28)23(29)13(2)10-11-19(27(20,22)7)36-16(5)30/h10-11,14-15,19-20,22-25,35H,2,8-9,12H2,1,3-7H3/b11-10-. The molecule has 39 heavy (non-hydrogen) atoms. The first-order chi connectivity index (χ1) is 18.1. The summed E-state index contributed by atoms with van der Waals surface area (Å²) in [6.07, 6.45) is -1.84. The average molecular weight is 569 g/mol. The van der Waals surface area contributed by atoms with E-state index in [-0.39, 0.29) is 24.2 Å². The molecule has 0 spiro atoms. The van der Waals surface area contributed by atoms with Crippen molar-refractivity contribution in [2.24, 2.45) is 23.2 Å². The van der Waals surface area contributed by atoms with Gasteiger partial charge in [-0.15, -0.1) is 11.6 Å². The van der Waals surface area contributed by atoms with E-state index in [1.54, 1.807) is 20.8 Å². The van der Waals surface area contributed by atoms with Crippen LogP contribution in [-0.4, -0.2) is 70.2 Å². The molecule has 10 nitrogen and oxygen atoms in total. The second-order valence-corrected chi connectivity index (χ2v) is 11.4. The van der Waals surface area contributed by atoms with Crippen LogP contribution in [0.25, 0.3) is 0 Å². The molecule has 1 aliphatic heterocycles. The van der Waals surface area contributed by atoms with Gasteiger partial charge in [0.05, 0.1) is 16.7 Å². The van der Waals surface area contributed by atoms with Crippen molar-refractivity contribution in [2.75, 3.05) is 0 Å². The van der Waals surface area contributed by atoms with E-state index in [4.69, 9.17) is 30.5 Å². The molecule has 3 rings (SSSR count). The van der Waals surface area contributed by atoms with Crippen LogP contribution in [0, 0.1) is 23.2 Å². The summed E-state index contributed by atoms with van der Waals surface area (Å²) in [4.78, 5) is 63.9. The fourth-order valence-corrected chi connectivity index (χ4v) is 6.56. The highest BCUT2D eigenvalue weighted by Crippen LogP contribution is 2.56. The fraction of sp³-hybridized carbons (Fsp3) is 0.679. The van der Waals surface area contributed by atoms with E-state index in [1.807, 2.05) is 0 Å². The summed E-state index contributed by atoms with van der Waals surface area (Å²) in [5, 5.41) is 11.2. The van der Waals surface area contributed by atoms with E-state index in [0.717, 1.165) is 6.92 Å². The van der Waals surface area contributed by atoms with Crippen molar-refractivity contribution >= 4 is 41.3 Å². The lowest BCUT2D eigenvalue weighted by molar-refractivity contribution is -0.232. The minimum absolute atomic E-state index is 0.0819. The molecule has 0 radical (unpaired) electrons. The van der Waals surface area contributed by atoms with Crippen molar-refractivity contribution in [3.63, 3.8) is 0 Å². The van der Waals surface area contributed by atoms with E-state index in [2.05, 4.69) is 6.58 Å². The second-order valence-electron chi connectivity index (χ2n) is 10.9. The number of carbonyl (C=O) groups is 5. The van der Waals surface area contributed by atoms with Crippen LogP contribution in [0.15, 0.2) is 24.3 Å². The van der Waals surface area contributed by atoms with Gasteiger partial charge in [0.15, 0.2) is 11.7 Å². The van der Waals surface area contributed by atoms with Gasteiger partial charge in [0.25, 0.3) is 0 Å². The predicted octanol–water partition coefficient (Wildman–Crippen LogP) is 2.82. The van der Waals surface area contributed by atoms with E-state index < -0.39 is 82.4 Å². The molecule has 1 heterocycles. The molecule has 0 aromatic carbocycles. The Hall–Kier alpha value is -2.72. The normalized spacial score (nSPS) is 41.0. The highest BCUT2D eigenvalue weighted by Gasteiger charge is 2.70. The number of Topliss-reactive ketones (excluding diaryl/α,β-unsaturated/α-hetero) is 1. The number of ketones is 1. The van der Waals surface area contributed by atoms with Gasteiger partial charge >= 0.3 is 23.9 Å². The number of fused-ring (bicyclic) bond motifs is 2. The molecule has 0 amide bonds. The van der Waals surface area contributed by atoms with Crippen molar-refractivity contribution in [3.05, 3.63) is 24.3 Å². The Morgan fingerprint density at radius 2 is 1.77 bits per heavy atom. The Bertz CT molecular complexity index is 1080. The van der Waals surface area contributed by atoms with Crippen LogP contribution in [0.2, 0.25) is 0 Å². The maximum Gasteiger partial charge on any atom is 0.312 e. The predicted molar refractivity (Wildman–Crippen MR) is 138 cm³/mol. The molecule has 10 atom stereocenters. The maximum atomic E-state index is 13.4. The van der Waals surface area contributed by atoms with Crippen LogP contribution < -0.4 is 0 Å². The topological polar surface area (TPSA) is 142 Å². The third-order valence-corrected chi connectivity index (χ3v) is 8.91. The van der Waals surface area contributed by atoms with Gasteiger partial charge < -0.3 is 24.1 Å². The van der Waals surface area contributed by atoms with Gasteiger partial charge in [0, 0.05) is 38.5 Å². The summed E-state index contributed by atoms with van der Waals surface area (Å²) in [5.74, 6) is -6.36.